The van der Waals surface area contributed by atoms with Gasteiger partial charge in [-0.3, -0.25) is 10.1 Å². The van der Waals surface area contributed by atoms with E-state index >= 15 is 0 Å². The summed E-state index contributed by atoms with van der Waals surface area (Å²) in [4.78, 5) is 11.2. The fraction of sp³-hybridized carbons (Fsp3) is 0.889. The van der Waals surface area contributed by atoms with Gasteiger partial charge in [-0.15, -0.1) is 0 Å². The minimum atomic E-state index is -0.199. The van der Waals surface area contributed by atoms with E-state index in [0.29, 0.717) is 6.61 Å². The summed E-state index contributed by atoms with van der Waals surface area (Å²) in [6, 6.07) is -0.199. The first-order chi connectivity index (χ1) is 5.93. The molecule has 1 amide bonds. The molecule has 0 saturated heterocycles. The number of amides is 1. The van der Waals surface area contributed by atoms with Crippen LogP contribution in [0.4, 0.5) is 0 Å². The molecule has 1 unspecified atom stereocenters. The Morgan fingerprint density at radius 2 is 2.08 bits per heavy atom. The first-order valence-corrected chi connectivity index (χ1v) is 4.41. The van der Waals surface area contributed by atoms with E-state index in [9.17, 15) is 4.79 Å². The van der Waals surface area contributed by atoms with Crippen molar-refractivity contribution in [2.75, 3.05) is 20.8 Å². The molecular weight excluding hydrogens is 168 g/mol. The highest BCUT2D eigenvalue weighted by atomic mass is 16.5. The van der Waals surface area contributed by atoms with Crippen molar-refractivity contribution in [2.24, 2.45) is 0 Å². The van der Waals surface area contributed by atoms with Gasteiger partial charge in [-0.2, -0.15) is 0 Å². The Labute approximate surface area is 80.0 Å². The molecule has 0 aliphatic heterocycles. The molecule has 13 heavy (non-hydrogen) atoms. The Balaban J connectivity index is 4.02. The standard InChI is InChI=1S/C9H20N2O2/c1-7(8(12)10-4)11-9(2,3)6-13-5/h7,11H,6H2,1-5H3,(H,10,12). The van der Waals surface area contributed by atoms with Gasteiger partial charge in [0, 0.05) is 19.7 Å². The second-order valence-corrected chi connectivity index (χ2v) is 3.80. The summed E-state index contributed by atoms with van der Waals surface area (Å²) < 4.78 is 5.03. The number of carbonyl (C=O) groups is 1. The molecule has 1 atom stereocenters. The maximum Gasteiger partial charge on any atom is 0.236 e. The number of rotatable bonds is 5. The molecule has 4 heteroatoms. The highest BCUT2D eigenvalue weighted by Crippen LogP contribution is 2.03. The van der Waals surface area contributed by atoms with Crippen molar-refractivity contribution in [3.05, 3.63) is 0 Å². The van der Waals surface area contributed by atoms with Crippen molar-refractivity contribution in [1.29, 1.82) is 0 Å². The predicted molar refractivity (Wildman–Crippen MR) is 52.6 cm³/mol. The van der Waals surface area contributed by atoms with Gasteiger partial charge in [0.15, 0.2) is 0 Å². The average molecular weight is 188 g/mol. The summed E-state index contributed by atoms with van der Waals surface area (Å²) in [5.41, 5.74) is -0.180. The zero-order valence-electron chi connectivity index (χ0n) is 9.10. The van der Waals surface area contributed by atoms with Gasteiger partial charge in [0.2, 0.25) is 5.91 Å². The average Bonchev–Trinajstić information content (AvgIpc) is 2.01. The highest BCUT2D eigenvalue weighted by molar-refractivity contribution is 5.81. The molecule has 0 saturated carbocycles. The molecule has 0 aromatic heterocycles. The van der Waals surface area contributed by atoms with Crippen molar-refractivity contribution in [2.45, 2.75) is 32.4 Å². The summed E-state index contributed by atoms with van der Waals surface area (Å²) >= 11 is 0. The lowest BCUT2D eigenvalue weighted by molar-refractivity contribution is -0.122. The minimum Gasteiger partial charge on any atom is -0.383 e. The summed E-state index contributed by atoms with van der Waals surface area (Å²) in [7, 11) is 3.28. The summed E-state index contributed by atoms with van der Waals surface area (Å²) in [6.07, 6.45) is 0. The van der Waals surface area contributed by atoms with Crippen LogP contribution in [0.2, 0.25) is 0 Å². The molecule has 0 fully saturated rings. The highest BCUT2D eigenvalue weighted by Gasteiger charge is 2.22. The molecular formula is C9H20N2O2. The maximum absolute atomic E-state index is 11.2. The lowest BCUT2D eigenvalue weighted by atomic mass is 10.1. The first kappa shape index (κ1) is 12.4. The summed E-state index contributed by atoms with van der Waals surface area (Å²) in [5.74, 6) is -0.0100. The van der Waals surface area contributed by atoms with Gasteiger partial charge in [0.05, 0.1) is 12.6 Å². The molecule has 0 spiro atoms. The Kier molecular flexibility index (Phi) is 4.95. The van der Waals surface area contributed by atoms with Crippen LogP contribution < -0.4 is 10.6 Å². The summed E-state index contributed by atoms with van der Waals surface area (Å²) in [6.45, 7) is 6.40. The quantitative estimate of drug-likeness (QED) is 0.645. The van der Waals surface area contributed by atoms with Gasteiger partial charge in [-0.25, -0.2) is 0 Å². The summed E-state index contributed by atoms with van der Waals surface area (Å²) in [5, 5.41) is 5.76. The van der Waals surface area contributed by atoms with Gasteiger partial charge < -0.3 is 10.1 Å². The van der Waals surface area contributed by atoms with Crippen LogP contribution in [-0.2, 0) is 9.53 Å². The van der Waals surface area contributed by atoms with Gasteiger partial charge >= 0.3 is 0 Å². The van der Waals surface area contributed by atoms with Crippen molar-refractivity contribution in [3.8, 4) is 0 Å². The number of nitrogens with one attached hydrogen (secondary N) is 2. The second kappa shape index (κ2) is 5.19. The third-order valence-corrected chi connectivity index (χ3v) is 1.75. The molecule has 0 rings (SSSR count). The molecule has 0 aromatic rings. The van der Waals surface area contributed by atoms with Crippen molar-refractivity contribution in [1.82, 2.24) is 10.6 Å². The Morgan fingerprint density at radius 1 is 1.54 bits per heavy atom. The number of likely N-dealkylation sites (N-methyl/N-ethyl adjacent to an activating group) is 1. The molecule has 2 N–H and O–H groups in total. The predicted octanol–water partition coefficient (Wildman–Crippen LogP) is 0.135. The monoisotopic (exact) mass is 188 g/mol. The molecule has 0 heterocycles. The van der Waals surface area contributed by atoms with E-state index < -0.39 is 0 Å². The number of ether oxygens (including phenoxy) is 1. The van der Waals surface area contributed by atoms with Gasteiger partial charge in [-0.05, 0) is 20.8 Å². The zero-order valence-corrected chi connectivity index (χ0v) is 9.10. The third kappa shape index (κ3) is 4.85. The van der Waals surface area contributed by atoms with Crippen LogP contribution in [0.3, 0.4) is 0 Å². The zero-order chi connectivity index (χ0) is 10.5. The third-order valence-electron chi connectivity index (χ3n) is 1.75. The Hall–Kier alpha value is -0.610. The van der Waals surface area contributed by atoms with Crippen molar-refractivity contribution in [3.63, 3.8) is 0 Å². The molecule has 78 valence electrons. The van der Waals surface area contributed by atoms with E-state index in [4.69, 9.17) is 4.74 Å². The number of hydrogen-bond acceptors (Lipinski definition) is 3. The maximum atomic E-state index is 11.2. The van der Waals surface area contributed by atoms with E-state index in [2.05, 4.69) is 10.6 Å². The molecule has 0 aromatic carbocycles. The van der Waals surface area contributed by atoms with Crippen LogP contribution in [0.1, 0.15) is 20.8 Å². The number of methoxy groups -OCH3 is 1. The largest absolute Gasteiger partial charge is 0.383 e. The minimum absolute atomic E-state index is 0.0100. The van der Waals surface area contributed by atoms with Gasteiger partial charge in [-0.1, -0.05) is 0 Å². The van der Waals surface area contributed by atoms with E-state index in [1.807, 2.05) is 20.8 Å². The smallest absolute Gasteiger partial charge is 0.236 e. The van der Waals surface area contributed by atoms with Crippen LogP contribution in [-0.4, -0.2) is 38.3 Å². The van der Waals surface area contributed by atoms with E-state index in [-0.39, 0.29) is 17.5 Å². The van der Waals surface area contributed by atoms with Crippen LogP contribution in [0.15, 0.2) is 0 Å². The van der Waals surface area contributed by atoms with Crippen molar-refractivity contribution >= 4 is 5.91 Å². The van der Waals surface area contributed by atoms with E-state index in [0.717, 1.165) is 0 Å². The normalized spacial score (nSPS) is 13.9. The van der Waals surface area contributed by atoms with Crippen LogP contribution in [0, 0.1) is 0 Å². The SMILES string of the molecule is CNC(=O)C(C)NC(C)(C)COC. The topological polar surface area (TPSA) is 50.4 Å². The lowest BCUT2D eigenvalue weighted by Gasteiger charge is -2.28. The van der Waals surface area contributed by atoms with Crippen molar-refractivity contribution < 1.29 is 9.53 Å². The fourth-order valence-corrected chi connectivity index (χ4v) is 1.27. The van der Waals surface area contributed by atoms with Crippen LogP contribution in [0.5, 0.6) is 0 Å². The second-order valence-electron chi connectivity index (χ2n) is 3.80. The molecule has 4 nitrogen and oxygen atoms in total. The van der Waals surface area contributed by atoms with Crippen LogP contribution >= 0.6 is 0 Å². The number of carbonyl (C=O) groups excluding carboxylic acids is 1. The van der Waals surface area contributed by atoms with Crippen LogP contribution in [0.25, 0.3) is 0 Å². The van der Waals surface area contributed by atoms with E-state index in [1.54, 1.807) is 14.2 Å². The Morgan fingerprint density at radius 3 is 2.46 bits per heavy atom. The lowest BCUT2D eigenvalue weighted by Crippen LogP contribution is -2.53. The molecule has 0 bridgehead atoms. The molecule has 0 radical (unpaired) electrons. The number of hydrogen-bond donors (Lipinski definition) is 2. The first-order valence-electron chi connectivity index (χ1n) is 4.41. The Bertz CT molecular complexity index is 169. The van der Waals surface area contributed by atoms with Gasteiger partial charge in [0.25, 0.3) is 0 Å². The van der Waals surface area contributed by atoms with Gasteiger partial charge in [0.1, 0.15) is 0 Å². The molecule has 0 aliphatic rings. The van der Waals surface area contributed by atoms with E-state index in [1.165, 1.54) is 0 Å². The fourth-order valence-electron chi connectivity index (χ4n) is 1.27. The molecule has 0 aliphatic carbocycles.